The van der Waals surface area contributed by atoms with Gasteiger partial charge in [-0.1, -0.05) is 0 Å². The summed E-state index contributed by atoms with van der Waals surface area (Å²) in [6.45, 7) is 43.0. The molecule has 0 atom stereocenters. The zero-order chi connectivity index (χ0) is 54.4. The molecule has 0 unspecified atom stereocenters. The molecule has 9 heteroatoms. The van der Waals surface area contributed by atoms with Crippen LogP contribution in [0.4, 0.5) is 45.5 Å². The lowest BCUT2D eigenvalue weighted by molar-refractivity contribution is 0.380. The van der Waals surface area contributed by atoms with Crippen molar-refractivity contribution in [2.24, 2.45) is 0 Å². The summed E-state index contributed by atoms with van der Waals surface area (Å²) < 4.78 is 13.5. The monoisotopic (exact) mass is 1000 g/mol. The third-order valence-electron chi connectivity index (χ3n) is 13.7. The molecule has 1 heterocycles. The van der Waals surface area contributed by atoms with Gasteiger partial charge in [0.15, 0.2) is 0 Å². The molecular weight excluding hydrogens is 911 g/mol. The predicted molar refractivity (Wildman–Crippen MR) is 320 cm³/mol. The number of quaternary nitrogens is 1. The van der Waals surface area contributed by atoms with Gasteiger partial charge in [0.2, 0.25) is 0 Å². The third kappa shape index (κ3) is 12.9. The molecule has 0 bridgehead atoms. The van der Waals surface area contributed by atoms with Gasteiger partial charge in [-0.3, -0.25) is 4.48 Å². The molecule has 0 aromatic heterocycles. The van der Waals surface area contributed by atoms with Crippen LogP contribution in [0.3, 0.4) is 0 Å². The molecular formula is C65H90N7O2+. The summed E-state index contributed by atoms with van der Waals surface area (Å²) in [5.74, 6) is 3.22. The molecule has 0 spiro atoms. The van der Waals surface area contributed by atoms with Crippen molar-refractivity contribution in [1.82, 2.24) is 4.48 Å². The molecule has 7 rings (SSSR count). The van der Waals surface area contributed by atoms with E-state index in [1.807, 2.05) is 0 Å². The molecule has 0 radical (unpaired) electrons. The second kappa shape index (κ2) is 20.4. The zero-order valence-corrected chi connectivity index (χ0v) is 48.9. The number of ether oxygens (including phenoxy) is 2. The van der Waals surface area contributed by atoms with Crippen LogP contribution in [0, 0.1) is 0 Å². The van der Waals surface area contributed by atoms with E-state index >= 15 is 0 Å². The lowest BCUT2D eigenvalue weighted by atomic mass is 9.94. The van der Waals surface area contributed by atoms with Crippen molar-refractivity contribution in [3.63, 3.8) is 0 Å². The quantitative estimate of drug-likeness (QED) is 0.112. The Morgan fingerprint density at radius 1 is 0.297 bits per heavy atom. The molecule has 6 aromatic rings. The van der Waals surface area contributed by atoms with Gasteiger partial charge in [-0.25, -0.2) is 0 Å². The maximum absolute atomic E-state index is 6.44. The van der Waals surface area contributed by atoms with Crippen LogP contribution in [0.2, 0.25) is 0 Å². The van der Waals surface area contributed by atoms with Gasteiger partial charge in [-0.05, 0) is 246 Å². The van der Waals surface area contributed by atoms with Gasteiger partial charge in [0.1, 0.15) is 34.4 Å². The van der Waals surface area contributed by atoms with Crippen LogP contribution in [-0.2, 0) is 0 Å². The summed E-state index contributed by atoms with van der Waals surface area (Å²) in [6.07, 6.45) is 0. The molecule has 0 N–H and O–H groups in total. The molecule has 1 saturated heterocycles. The molecule has 396 valence electrons. The second-order valence-electron chi connectivity index (χ2n) is 26.7. The number of rotatable bonds is 12. The minimum absolute atomic E-state index is 0.0146. The highest BCUT2D eigenvalue weighted by molar-refractivity contribution is 5.66. The van der Waals surface area contributed by atoms with E-state index in [1.165, 1.54) is 28.4 Å². The van der Waals surface area contributed by atoms with E-state index in [1.54, 1.807) is 0 Å². The molecule has 0 saturated carbocycles. The van der Waals surface area contributed by atoms with E-state index in [0.717, 1.165) is 40.1 Å². The average Bonchev–Trinajstić information content (AvgIpc) is 3.28. The highest BCUT2D eigenvalue weighted by Gasteiger charge is 2.35. The highest BCUT2D eigenvalue weighted by atomic mass is 16.5. The fourth-order valence-electron chi connectivity index (χ4n) is 11.8. The minimum Gasteiger partial charge on any atom is -0.457 e. The van der Waals surface area contributed by atoms with Gasteiger partial charge < -0.3 is 38.9 Å². The van der Waals surface area contributed by atoms with Crippen LogP contribution in [0.15, 0.2) is 146 Å². The van der Waals surface area contributed by atoms with Gasteiger partial charge >= 0.3 is 0 Å². The summed E-state index contributed by atoms with van der Waals surface area (Å²) in [6, 6.07) is 52.2. The Morgan fingerprint density at radius 2 is 0.486 bits per heavy atom. The van der Waals surface area contributed by atoms with Gasteiger partial charge in [-0.2, -0.15) is 0 Å². The molecule has 6 aromatic carbocycles. The third-order valence-corrected chi connectivity index (χ3v) is 13.7. The molecule has 1 fully saturated rings. The molecule has 1 aliphatic heterocycles. The molecule has 1 aliphatic rings. The Hall–Kier alpha value is -6.32. The van der Waals surface area contributed by atoms with Crippen LogP contribution in [0.1, 0.15) is 125 Å². The van der Waals surface area contributed by atoms with Crippen LogP contribution >= 0.6 is 0 Å². The van der Waals surface area contributed by atoms with Gasteiger partial charge in [0, 0.05) is 91.6 Å². The largest absolute Gasteiger partial charge is 0.457 e. The van der Waals surface area contributed by atoms with Crippen molar-refractivity contribution in [1.29, 1.82) is 0 Å². The SMILES string of the molecule is CC(C)(C)N(c1ccc(Oc2ccc(N3CN(c4ccc(Oc5ccc(N(C(C)(C)C)C(C)(C)C)cc5)cc4)CN(c4ccc([N+](C)(C)c5ccc(N(C(C)(C)C)C(C)(C)C)cc5)cc4)C3)cc2)cc1)C(C)(C)C. The van der Waals surface area contributed by atoms with Crippen molar-refractivity contribution in [2.45, 2.75) is 158 Å². The maximum atomic E-state index is 6.44. The van der Waals surface area contributed by atoms with Crippen molar-refractivity contribution < 1.29 is 9.47 Å². The molecule has 0 aliphatic carbocycles. The molecule has 0 amide bonds. The first-order valence-electron chi connectivity index (χ1n) is 26.7. The molecule has 9 nitrogen and oxygen atoms in total. The first-order valence-corrected chi connectivity index (χ1v) is 26.7. The van der Waals surface area contributed by atoms with Crippen molar-refractivity contribution >= 4 is 45.5 Å². The van der Waals surface area contributed by atoms with E-state index in [-0.39, 0.29) is 33.2 Å². The Morgan fingerprint density at radius 3 is 0.716 bits per heavy atom. The van der Waals surface area contributed by atoms with Crippen LogP contribution in [0.25, 0.3) is 0 Å². The number of benzene rings is 6. The lowest BCUT2D eigenvalue weighted by Gasteiger charge is -2.47. The van der Waals surface area contributed by atoms with Gasteiger partial charge in [-0.15, -0.1) is 0 Å². The fraction of sp³-hybridized carbons (Fsp3) is 0.446. The number of nitrogens with zero attached hydrogens (tertiary/aromatic N) is 7. The Labute approximate surface area is 447 Å². The average molecular weight is 1000 g/mol. The predicted octanol–water partition coefficient (Wildman–Crippen LogP) is 17.1. The normalized spacial score (nSPS) is 14.2. The first-order chi connectivity index (χ1) is 34.2. The standard InChI is InChI=1S/C65H90N7O2/c1-60(2,3)69(61(4,5)6)51-23-35-55(36-24-51)72(19,20)54-33-21-48(22-34-54)66-45-67(49-25-37-56(38-26-49)73-58-41-29-52(30-42-58)70(62(7,8)9)63(10,11)12)47-68(46-66)50-27-39-57(40-28-50)74-59-43-31-53(32-44-59)71(64(13,14)15)65(16,17)18/h21-44H,45-47H2,1-20H3/q+1. The van der Waals surface area contributed by atoms with E-state index in [2.05, 4.69) is 314 Å². The van der Waals surface area contributed by atoms with Crippen LogP contribution in [0.5, 0.6) is 23.0 Å². The van der Waals surface area contributed by atoms with Crippen molar-refractivity contribution in [3.8, 4) is 23.0 Å². The van der Waals surface area contributed by atoms with E-state index in [0.29, 0.717) is 24.5 Å². The number of hydrogen-bond donors (Lipinski definition) is 0. The Kier molecular flexibility index (Phi) is 15.3. The summed E-state index contributed by atoms with van der Waals surface area (Å²) >= 11 is 0. The van der Waals surface area contributed by atoms with Crippen LogP contribution in [-0.4, -0.2) is 67.3 Å². The number of hydrogen-bond acceptors (Lipinski definition) is 8. The van der Waals surface area contributed by atoms with E-state index in [4.69, 9.17) is 9.47 Å². The smallest absolute Gasteiger partial charge is 0.137 e. The van der Waals surface area contributed by atoms with Crippen LogP contribution < -0.4 is 43.4 Å². The topological polar surface area (TPSA) is 37.9 Å². The summed E-state index contributed by atoms with van der Waals surface area (Å²) in [7, 11) is 4.54. The van der Waals surface area contributed by atoms with Gasteiger partial charge in [0.05, 0.1) is 34.1 Å². The molecule has 74 heavy (non-hydrogen) atoms. The van der Waals surface area contributed by atoms with Crippen molar-refractivity contribution in [2.75, 3.05) is 63.5 Å². The van der Waals surface area contributed by atoms with E-state index in [9.17, 15) is 0 Å². The van der Waals surface area contributed by atoms with Gasteiger partial charge in [0.25, 0.3) is 0 Å². The second-order valence-corrected chi connectivity index (χ2v) is 26.7. The first kappa shape index (κ1) is 55.4. The van der Waals surface area contributed by atoms with E-state index < -0.39 is 0 Å². The highest BCUT2D eigenvalue weighted by Crippen LogP contribution is 2.40. The zero-order valence-electron chi connectivity index (χ0n) is 48.9. The summed E-state index contributed by atoms with van der Waals surface area (Å²) in [5.41, 5.74) is 9.26. The lowest BCUT2D eigenvalue weighted by Crippen LogP contribution is -2.55. The Bertz CT molecular complexity index is 2590. The minimum atomic E-state index is -0.0302. The fourth-order valence-corrected chi connectivity index (χ4v) is 11.8. The maximum Gasteiger partial charge on any atom is 0.137 e. The summed E-state index contributed by atoms with van der Waals surface area (Å²) in [4.78, 5) is 14.7. The van der Waals surface area contributed by atoms with Crippen molar-refractivity contribution in [3.05, 3.63) is 146 Å². The number of anilines is 6. The summed E-state index contributed by atoms with van der Waals surface area (Å²) in [5, 5.41) is 0. The Balaban J connectivity index is 1.12.